The Morgan fingerprint density at radius 1 is 0.696 bits per heavy atom. The van der Waals surface area contributed by atoms with Gasteiger partial charge in [-0.25, -0.2) is 0 Å². The molecule has 0 spiro atoms. The maximum absolute atomic E-state index is 14.1. The van der Waals surface area contributed by atoms with E-state index in [2.05, 4.69) is 16.0 Å². The number of aromatic hydroxyl groups is 1. The number of carbonyl (C=O) groups excluding carboxylic acids is 5. The van der Waals surface area contributed by atoms with Crippen molar-refractivity contribution in [3.63, 3.8) is 0 Å². The van der Waals surface area contributed by atoms with Crippen LogP contribution in [0.2, 0.25) is 0 Å². The van der Waals surface area contributed by atoms with Gasteiger partial charge in [-0.15, -0.1) is 0 Å². The highest BCUT2D eigenvalue weighted by Gasteiger charge is 2.38. The zero-order chi connectivity index (χ0) is 33.5. The minimum Gasteiger partial charge on any atom is -0.508 e. The van der Waals surface area contributed by atoms with E-state index in [1.54, 1.807) is 44.2 Å². The minimum atomic E-state index is -1.05. The molecule has 11 nitrogen and oxygen atoms in total. The molecule has 3 aromatic rings. The maximum Gasteiger partial charge on any atom is 0.254 e. The lowest BCUT2D eigenvalue weighted by molar-refractivity contribution is -0.144. The average molecular weight is 628 g/mol. The van der Waals surface area contributed by atoms with Crippen LogP contribution in [0.5, 0.6) is 5.75 Å². The summed E-state index contributed by atoms with van der Waals surface area (Å²) >= 11 is 0. The summed E-state index contributed by atoms with van der Waals surface area (Å²) in [5.74, 6) is -3.02. The van der Waals surface area contributed by atoms with Crippen LogP contribution in [-0.2, 0) is 32.0 Å². The van der Waals surface area contributed by atoms with E-state index in [9.17, 15) is 29.1 Å². The summed E-state index contributed by atoms with van der Waals surface area (Å²) in [7, 11) is 3.00. The van der Waals surface area contributed by atoms with E-state index in [4.69, 9.17) is 0 Å². The van der Waals surface area contributed by atoms with E-state index >= 15 is 0 Å². The van der Waals surface area contributed by atoms with Gasteiger partial charge in [-0.05, 0) is 48.2 Å². The Labute approximate surface area is 269 Å². The highest BCUT2D eigenvalue weighted by atomic mass is 16.3. The third-order valence-corrected chi connectivity index (χ3v) is 8.25. The SMILES string of the molecule is CC1NC(=O)c2ccccc2NC(=O)C(Cc2ccc(O)cc2)N(C)C(=O)C(C(C)C)NC(=O)C(Cc2ccccc2)N(C)C1=O. The lowest BCUT2D eigenvalue weighted by atomic mass is 9.97. The Morgan fingerprint density at radius 2 is 1.24 bits per heavy atom. The first-order chi connectivity index (χ1) is 21.9. The van der Waals surface area contributed by atoms with Gasteiger partial charge in [0.25, 0.3) is 5.91 Å². The molecule has 4 atom stereocenters. The van der Waals surface area contributed by atoms with Gasteiger partial charge in [0.15, 0.2) is 0 Å². The van der Waals surface area contributed by atoms with Gasteiger partial charge in [-0.2, -0.15) is 0 Å². The minimum absolute atomic E-state index is 0.0564. The summed E-state index contributed by atoms with van der Waals surface area (Å²) in [4.78, 5) is 71.7. The summed E-state index contributed by atoms with van der Waals surface area (Å²) in [5, 5.41) is 18.2. The zero-order valence-electron chi connectivity index (χ0n) is 26.7. The van der Waals surface area contributed by atoms with Crippen molar-refractivity contribution in [2.24, 2.45) is 5.92 Å². The van der Waals surface area contributed by atoms with Crippen molar-refractivity contribution in [1.29, 1.82) is 0 Å². The molecule has 46 heavy (non-hydrogen) atoms. The molecule has 0 aromatic heterocycles. The van der Waals surface area contributed by atoms with Crippen molar-refractivity contribution in [2.45, 2.75) is 57.8 Å². The molecule has 0 radical (unpaired) electrons. The molecule has 4 unspecified atom stereocenters. The zero-order valence-corrected chi connectivity index (χ0v) is 26.7. The highest BCUT2D eigenvalue weighted by Crippen LogP contribution is 2.21. The number of benzene rings is 3. The fourth-order valence-electron chi connectivity index (χ4n) is 5.44. The summed E-state index contributed by atoms with van der Waals surface area (Å²) in [6, 6.07) is 17.8. The van der Waals surface area contributed by atoms with E-state index < -0.39 is 53.7 Å². The van der Waals surface area contributed by atoms with Gasteiger partial charge < -0.3 is 30.9 Å². The fourth-order valence-corrected chi connectivity index (χ4v) is 5.44. The number of carbonyl (C=O) groups is 5. The average Bonchev–Trinajstić information content (AvgIpc) is 3.04. The fraction of sp³-hybridized carbons (Fsp3) is 0.343. The number of likely N-dealkylation sites (N-methyl/N-ethyl adjacent to an activating group) is 2. The molecule has 0 saturated heterocycles. The number of phenols is 1. The van der Waals surface area contributed by atoms with Crippen LogP contribution >= 0.6 is 0 Å². The number of amides is 5. The number of anilines is 1. The van der Waals surface area contributed by atoms with Gasteiger partial charge in [-0.1, -0.05) is 68.4 Å². The van der Waals surface area contributed by atoms with E-state index in [1.807, 2.05) is 30.3 Å². The van der Waals surface area contributed by atoms with Crippen molar-refractivity contribution in [2.75, 3.05) is 19.4 Å². The second-order valence-corrected chi connectivity index (χ2v) is 12.0. The first kappa shape index (κ1) is 33.7. The topological polar surface area (TPSA) is 148 Å². The summed E-state index contributed by atoms with van der Waals surface area (Å²) in [5.41, 5.74) is 1.82. The van der Waals surface area contributed by atoms with E-state index in [-0.39, 0.29) is 35.8 Å². The Balaban J connectivity index is 1.80. The third-order valence-electron chi connectivity index (χ3n) is 8.25. The van der Waals surface area contributed by atoms with Gasteiger partial charge in [0.2, 0.25) is 23.6 Å². The molecule has 0 aliphatic carbocycles. The first-order valence-electron chi connectivity index (χ1n) is 15.2. The van der Waals surface area contributed by atoms with E-state index in [1.165, 1.54) is 49.0 Å². The van der Waals surface area contributed by atoms with Crippen molar-refractivity contribution in [3.05, 3.63) is 95.6 Å². The highest BCUT2D eigenvalue weighted by molar-refractivity contribution is 6.07. The summed E-state index contributed by atoms with van der Waals surface area (Å²) < 4.78 is 0. The molecule has 5 amide bonds. The van der Waals surface area contributed by atoms with Gasteiger partial charge in [0.05, 0.1) is 11.3 Å². The molecule has 3 aromatic carbocycles. The van der Waals surface area contributed by atoms with Crippen LogP contribution in [0.1, 0.15) is 42.3 Å². The molecule has 11 heteroatoms. The number of fused-ring (bicyclic) bond motifs is 1. The van der Waals surface area contributed by atoms with Crippen molar-refractivity contribution in [1.82, 2.24) is 20.4 Å². The quantitative estimate of drug-likeness (QED) is 0.342. The van der Waals surface area contributed by atoms with Crippen molar-refractivity contribution < 1.29 is 29.1 Å². The number of rotatable bonds is 5. The van der Waals surface area contributed by atoms with Crippen LogP contribution in [-0.4, -0.2) is 82.7 Å². The summed E-state index contributed by atoms with van der Waals surface area (Å²) in [6.07, 6.45) is 0.255. The van der Waals surface area contributed by atoms with Gasteiger partial charge in [0.1, 0.15) is 29.9 Å². The molecule has 1 aliphatic heterocycles. The molecule has 4 N–H and O–H groups in total. The largest absolute Gasteiger partial charge is 0.508 e. The lowest BCUT2D eigenvalue weighted by Gasteiger charge is -2.35. The number of nitrogens with zero attached hydrogens (tertiary/aromatic N) is 2. The molecule has 0 bridgehead atoms. The molecule has 242 valence electrons. The molecule has 4 rings (SSSR count). The van der Waals surface area contributed by atoms with Crippen LogP contribution in [0.25, 0.3) is 0 Å². The standard InChI is InChI=1S/C35H41N5O6/c1-21(2)30-35(46)40(5)28(20-24-15-17-25(41)18-16-24)32(43)37-27-14-10-9-13-26(27)31(42)36-22(3)34(45)39(4)29(33(44)38-30)19-23-11-7-6-8-12-23/h6-18,21-22,28-30,41H,19-20H2,1-5H3,(H,36,42)(H,37,43)(H,38,44). The summed E-state index contributed by atoms with van der Waals surface area (Å²) in [6.45, 7) is 5.11. The van der Waals surface area contributed by atoms with Crippen LogP contribution in [0, 0.1) is 5.92 Å². The normalized spacial score (nSPS) is 21.8. The van der Waals surface area contributed by atoms with Gasteiger partial charge >= 0.3 is 0 Å². The van der Waals surface area contributed by atoms with Gasteiger partial charge in [0, 0.05) is 26.9 Å². The number of para-hydroxylation sites is 1. The third kappa shape index (κ3) is 7.90. The molecular weight excluding hydrogens is 586 g/mol. The maximum atomic E-state index is 14.1. The molecule has 0 fully saturated rings. The van der Waals surface area contributed by atoms with E-state index in [0.717, 1.165) is 5.56 Å². The van der Waals surface area contributed by atoms with Crippen LogP contribution in [0.3, 0.4) is 0 Å². The molecule has 0 saturated carbocycles. The smallest absolute Gasteiger partial charge is 0.254 e. The molecule has 1 heterocycles. The molecule has 1 aliphatic rings. The second kappa shape index (κ2) is 14.7. The lowest BCUT2D eigenvalue weighted by Crippen LogP contribution is -2.60. The second-order valence-electron chi connectivity index (χ2n) is 12.0. The predicted octanol–water partition coefficient (Wildman–Crippen LogP) is 2.74. The monoisotopic (exact) mass is 627 g/mol. The Hall–Kier alpha value is -5.19. The number of phenolic OH excluding ortho intramolecular Hbond substituents is 1. The predicted molar refractivity (Wildman–Crippen MR) is 174 cm³/mol. The Bertz CT molecular complexity index is 1580. The molecular formula is C35H41N5O6. The van der Waals surface area contributed by atoms with Crippen LogP contribution < -0.4 is 16.0 Å². The first-order valence-corrected chi connectivity index (χ1v) is 15.2. The number of hydrogen-bond acceptors (Lipinski definition) is 6. The number of nitrogens with one attached hydrogen (secondary N) is 3. The van der Waals surface area contributed by atoms with Gasteiger partial charge in [-0.3, -0.25) is 24.0 Å². The Kier molecular flexibility index (Phi) is 10.8. The van der Waals surface area contributed by atoms with Crippen LogP contribution in [0.4, 0.5) is 5.69 Å². The Morgan fingerprint density at radius 3 is 1.87 bits per heavy atom. The van der Waals surface area contributed by atoms with E-state index in [0.29, 0.717) is 5.56 Å². The van der Waals surface area contributed by atoms with Crippen molar-refractivity contribution >= 4 is 35.2 Å². The van der Waals surface area contributed by atoms with Crippen molar-refractivity contribution in [3.8, 4) is 5.75 Å². The van der Waals surface area contributed by atoms with Crippen LogP contribution in [0.15, 0.2) is 78.9 Å². The number of hydrogen-bond donors (Lipinski definition) is 4.